The summed E-state index contributed by atoms with van der Waals surface area (Å²) in [7, 11) is 0. The van der Waals surface area contributed by atoms with Crippen LogP contribution >= 0.6 is 0 Å². The van der Waals surface area contributed by atoms with E-state index in [1.165, 1.54) is 12.1 Å². The fourth-order valence-corrected chi connectivity index (χ4v) is 3.33. The fraction of sp³-hybridized carbons (Fsp3) is 0.450. The maximum absolute atomic E-state index is 13.0. The van der Waals surface area contributed by atoms with Crippen molar-refractivity contribution < 1.29 is 9.18 Å². The molecule has 138 valence electrons. The topological polar surface area (TPSA) is 49.3 Å². The van der Waals surface area contributed by atoms with Gasteiger partial charge in [-0.1, -0.05) is 12.1 Å². The van der Waals surface area contributed by atoms with Crippen LogP contribution in [0.3, 0.4) is 0 Å². The minimum Gasteiger partial charge on any atom is -0.354 e. The first-order valence-electron chi connectivity index (χ1n) is 9.03. The molecule has 1 aromatic heterocycles. The first-order valence-corrected chi connectivity index (χ1v) is 9.03. The average Bonchev–Trinajstić information content (AvgIpc) is 2.86. The van der Waals surface area contributed by atoms with Gasteiger partial charge < -0.3 is 9.80 Å². The molecule has 1 aliphatic heterocycles. The summed E-state index contributed by atoms with van der Waals surface area (Å²) in [6, 6.07) is 6.14. The molecule has 0 radical (unpaired) electrons. The molecule has 26 heavy (non-hydrogen) atoms. The second-order valence-electron chi connectivity index (χ2n) is 6.83. The number of hydrogen-bond donors (Lipinski definition) is 0. The summed E-state index contributed by atoms with van der Waals surface area (Å²) in [6.07, 6.45) is 1.21. The third-order valence-electron chi connectivity index (χ3n) is 4.89. The van der Waals surface area contributed by atoms with Crippen LogP contribution < -0.4 is 4.90 Å². The third-order valence-corrected chi connectivity index (χ3v) is 4.89. The molecule has 1 aliphatic rings. The molecule has 1 saturated heterocycles. The molecule has 0 unspecified atom stereocenters. The summed E-state index contributed by atoms with van der Waals surface area (Å²) in [5.74, 6) is 1.56. The van der Waals surface area contributed by atoms with Gasteiger partial charge in [-0.25, -0.2) is 14.4 Å². The molecule has 0 spiro atoms. The van der Waals surface area contributed by atoms with Crippen molar-refractivity contribution in [1.29, 1.82) is 0 Å². The molecule has 0 N–H and O–H groups in total. The van der Waals surface area contributed by atoms with Gasteiger partial charge in [0.25, 0.3) is 0 Å². The Kier molecular flexibility index (Phi) is 5.49. The maximum Gasteiger partial charge on any atom is 0.227 e. The Labute approximate surface area is 153 Å². The van der Waals surface area contributed by atoms with Gasteiger partial charge in [0.2, 0.25) is 5.91 Å². The zero-order valence-electron chi connectivity index (χ0n) is 15.6. The van der Waals surface area contributed by atoms with Crippen molar-refractivity contribution in [3.63, 3.8) is 0 Å². The van der Waals surface area contributed by atoms with E-state index in [1.54, 1.807) is 12.1 Å². The highest BCUT2D eigenvalue weighted by atomic mass is 19.1. The lowest BCUT2D eigenvalue weighted by atomic mass is 10.1. The Morgan fingerprint density at radius 1 is 1.04 bits per heavy atom. The highest BCUT2D eigenvalue weighted by Crippen LogP contribution is 2.21. The molecule has 2 heterocycles. The van der Waals surface area contributed by atoms with Gasteiger partial charge in [-0.2, -0.15) is 0 Å². The molecule has 6 heteroatoms. The Bertz CT molecular complexity index is 791. The molecule has 1 aromatic carbocycles. The van der Waals surface area contributed by atoms with E-state index in [1.807, 2.05) is 25.7 Å². The highest BCUT2D eigenvalue weighted by molar-refractivity contribution is 5.78. The number of benzene rings is 1. The average molecular weight is 356 g/mol. The predicted molar refractivity (Wildman–Crippen MR) is 99.8 cm³/mol. The number of nitrogens with zero attached hydrogens (tertiary/aromatic N) is 4. The van der Waals surface area contributed by atoms with Gasteiger partial charge in [0.1, 0.15) is 17.5 Å². The standard InChI is InChI=1S/C20H25FN4O/c1-14-15(2)22-16(3)23-20(14)25-10-4-9-24(11-12-25)19(26)13-17-5-7-18(21)8-6-17/h5-8H,4,9-13H2,1-3H3. The summed E-state index contributed by atoms with van der Waals surface area (Å²) >= 11 is 0. The van der Waals surface area contributed by atoms with Gasteiger partial charge in [-0.05, 0) is 44.9 Å². The second kappa shape index (κ2) is 7.81. The van der Waals surface area contributed by atoms with Gasteiger partial charge in [0.15, 0.2) is 0 Å². The van der Waals surface area contributed by atoms with Crippen LogP contribution in [-0.2, 0) is 11.2 Å². The predicted octanol–water partition coefficient (Wildman–Crippen LogP) is 2.82. The van der Waals surface area contributed by atoms with E-state index in [4.69, 9.17) is 0 Å². The van der Waals surface area contributed by atoms with E-state index >= 15 is 0 Å². The van der Waals surface area contributed by atoms with Crippen molar-refractivity contribution in [3.8, 4) is 0 Å². The molecule has 2 aromatic rings. The lowest BCUT2D eigenvalue weighted by molar-refractivity contribution is -0.130. The fourth-order valence-electron chi connectivity index (χ4n) is 3.33. The normalized spacial score (nSPS) is 15.1. The van der Waals surface area contributed by atoms with Crippen molar-refractivity contribution >= 4 is 11.7 Å². The summed E-state index contributed by atoms with van der Waals surface area (Å²) in [6.45, 7) is 8.99. The van der Waals surface area contributed by atoms with Gasteiger partial charge in [0, 0.05) is 37.4 Å². The number of rotatable bonds is 3. The molecular weight excluding hydrogens is 331 g/mol. The van der Waals surface area contributed by atoms with E-state index in [0.29, 0.717) is 13.0 Å². The van der Waals surface area contributed by atoms with Crippen LogP contribution in [-0.4, -0.2) is 47.0 Å². The molecule has 0 bridgehead atoms. The van der Waals surface area contributed by atoms with Crippen LogP contribution in [0.25, 0.3) is 0 Å². The molecular formula is C20H25FN4O. The van der Waals surface area contributed by atoms with Crippen molar-refractivity contribution in [2.45, 2.75) is 33.6 Å². The van der Waals surface area contributed by atoms with Crippen molar-refractivity contribution in [1.82, 2.24) is 14.9 Å². The van der Waals surface area contributed by atoms with E-state index in [2.05, 4.69) is 14.9 Å². The van der Waals surface area contributed by atoms with Gasteiger partial charge in [-0.3, -0.25) is 4.79 Å². The van der Waals surface area contributed by atoms with E-state index in [-0.39, 0.29) is 11.7 Å². The Morgan fingerprint density at radius 3 is 2.50 bits per heavy atom. The van der Waals surface area contributed by atoms with Gasteiger partial charge in [0.05, 0.1) is 6.42 Å². The third kappa shape index (κ3) is 4.18. The maximum atomic E-state index is 13.0. The monoisotopic (exact) mass is 356 g/mol. The van der Waals surface area contributed by atoms with Crippen LogP contribution in [0.5, 0.6) is 0 Å². The Balaban J connectivity index is 1.66. The quantitative estimate of drug-likeness (QED) is 0.849. The zero-order valence-corrected chi connectivity index (χ0v) is 15.6. The Hall–Kier alpha value is -2.50. The molecule has 0 saturated carbocycles. The molecule has 0 atom stereocenters. The number of aromatic nitrogens is 2. The molecule has 1 fully saturated rings. The molecule has 0 aliphatic carbocycles. The first kappa shape index (κ1) is 18.3. The van der Waals surface area contributed by atoms with Crippen LogP contribution in [0.1, 0.15) is 29.1 Å². The van der Waals surface area contributed by atoms with Gasteiger partial charge >= 0.3 is 0 Å². The number of aryl methyl sites for hydroxylation is 2. The number of carbonyl (C=O) groups is 1. The van der Waals surface area contributed by atoms with Crippen molar-refractivity contribution in [2.24, 2.45) is 0 Å². The summed E-state index contributed by atoms with van der Waals surface area (Å²) in [5, 5.41) is 0. The lowest BCUT2D eigenvalue weighted by Crippen LogP contribution is -2.36. The number of halogens is 1. The number of anilines is 1. The SMILES string of the molecule is Cc1nc(C)c(C)c(N2CCCN(C(=O)Cc3ccc(F)cc3)CC2)n1. The first-order chi connectivity index (χ1) is 12.4. The minimum absolute atomic E-state index is 0.0882. The number of amides is 1. The van der Waals surface area contributed by atoms with Crippen LogP contribution in [0.15, 0.2) is 24.3 Å². The largest absolute Gasteiger partial charge is 0.354 e. The number of hydrogen-bond acceptors (Lipinski definition) is 4. The molecule has 1 amide bonds. The van der Waals surface area contributed by atoms with Crippen molar-refractivity contribution in [2.75, 3.05) is 31.1 Å². The summed E-state index contributed by atoms with van der Waals surface area (Å²) in [4.78, 5) is 25.8. The van der Waals surface area contributed by atoms with Crippen molar-refractivity contribution in [3.05, 3.63) is 52.7 Å². The van der Waals surface area contributed by atoms with E-state index < -0.39 is 0 Å². The Morgan fingerprint density at radius 2 is 1.77 bits per heavy atom. The number of carbonyl (C=O) groups excluding carboxylic acids is 1. The molecule has 5 nitrogen and oxygen atoms in total. The highest BCUT2D eigenvalue weighted by Gasteiger charge is 2.21. The van der Waals surface area contributed by atoms with Gasteiger partial charge in [-0.15, -0.1) is 0 Å². The van der Waals surface area contributed by atoms with E-state index in [0.717, 1.165) is 54.5 Å². The minimum atomic E-state index is -0.280. The van der Waals surface area contributed by atoms with E-state index in [9.17, 15) is 9.18 Å². The second-order valence-corrected chi connectivity index (χ2v) is 6.83. The molecule has 3 rings (SSSR count). The summed E-state index contributed by atoms with van der Waals surface area (Å²) in [5.41, 5.74) is 2.94. The van der Waals surface area contributed by atoms with Crippen LogP contribution in [0.4, 0.5) is 10.2 Å². The van der Waals surface area contributed by atoms with Crippen LogP contribution in [0.2, 0.25) is 0 Å². The summed E-state index contributed by atoms with van der Waals surface area (Å²) < 4.78 is 13.0. The smallest absolute Gasteiger partial charge is 0.227 e. The lowest BCUT2D eigenvalue weighted by Gasteiger charge is -2.25. The van der Waals surface area contributed by atoms with Crippen LogP contribution in [0, 0.1) is 26.6 Å². The zero-order chi connectivity index (χ0) is 18.7.